The minimum atomic E-state index is -0.0738. The average Bonchev–Trinajstić information content (AvgIpc) is 2.63. The van der Waals surface area contributed by atoms with Crippen molar-refractivity contribution in [1.82, 2.24) is 10.4 Å². The van der Waals surface area contributed by atoms with Gasteiger partial charge in [0.1, 0.15) is 0 Å². The van der Waals surface area contributed by atoms with E-state index in [0.717, 1.165) is 38.5 Å². The summed E-state index contributed by atoms with van der Waals surface area (Å²) in [4.78, 5) is 15.9. The lowest BCUT2D eigenvalue weighted by Gasteiger charge is -2.23. The fourth-order valence-corrected chi connectivity index (χ4v) is 2.11. The minimum Gasteiger partial charge on any atom is -0.368 e. The van der Waals surface area contributed by atoms with Crippen LogP contribution in [0.3, 0.4) is 0 Å². The molecule has 2 rings (SSSR count). The Morgan fingerprint density at radius 1 is 1.43 bits per heavy atom. The fraction of sp³-hybridized carbons (Fsp3) is 0.900. The molecule has 0 unspecified atom stereocenters. The van der Waals surface area contributed by atoms with Gasteiger partial charge in [0.25, 0.3) is 0 Å². The zero-order chi connectivity index (χ0) is 9.80. The monoisotopic (exact) mass is 198 g/mol. The smallest absolute Gasteiger partial charge is 0.326 e. The van der Waals surface area contributed by atoms with Gasteiger partial charge in [-0.3, -0.25) is 4.79 Å². The van der Waals surface area contributed by atoms with Gasteiger partial charge in [-0.25, -0.2) is 0 Å². The van der Waals surface area contributed by atoms with Crippen LogP contribution in [-0.4, -0.2) is 37.2 Å². The Morgan fingerprint density at radius 3 is 2.86 bits per heavy atom. The van der Waals surface area contributed by atoms with Crippen LogP contribution in [0.2, 0.25) is 0 Å². The molecule has 0 radical (unpaired) electrons. The van der Waals surface area contributed by atoms with Gasteiger partial charge in [-0.05, 0) is 38.3 Å². The summed E-state index contributed by atoms with van der Waals surface area (Å²) >= 11 is 0. The Morgan fingerprint density at radius 2 is 2.21 bits per heavy atom. The maximum atomic E-state index is 10.8. The Kier molecular flexibility index (Phi) is 3.37. The molecule has 2 saturated heterocycles. The van der Waals surface area contributed by atoms with E-state index in [0.29, 0.717) is 6.42 Å². The molecule has 0 atom stereocenters. The van der Waals surface area contributed by atoms with Crippen LogP contribution in [0.1, 0.15) is 25.7 Å². The van der Waals surface area contributed by atoms with E-state index in [1.165, 1.54) is 12.8 Å². The van der Waals surface area contributed by atoms with E-state index in [2.05, 4.69) is 5.32 Å². The maximum absolute atomic E-state index is 10.8. The zero-order valence-corrected chi connectivity index (χ0v) is 8.50. The molecule has 0 aliphatic carbocycles. The van der Waals surface area contributed by atoms with E-state index < -0.39 is 0 Å². The van der Waals surface area contributed by atoms with Crippen molar-refractivity contribution in [2.45, 2.75) is 25.7 Å². The number of rotatable bonds is 3. The van der Waals surface area contributed by atoms with Crippen LogP contribution in [0.5, 0.6) is 0 Å². The van der Waals surface area contributed by atoms with Gasteiger partial charge in [0.05, 0.1) is 6.42 Å². The highest BCUT2D eigenvalue weighted by atomic mass is 16.7. The van der Waals surface area contributed by atoms with Crippen molar-refractivity contribution >= 4 is 5.97 Å². The summed E-state index contributed by atoms with van der Waals surface area (Å²) in [6.07, 6.45) is 4.25. The van der Waals surface area contributed by atoms with Crippen molar-refractivity contribution in [3.8, 4) is 0 Å². The molecule has 80 valence electrons. The summed E-state index contributed by atoms with van der Waals surface area (Å²) in [5, 5.41) is 5.16. The number of hydrogen-bond acceptors (Lipinski definition) is 4. The Balaban J connectivity index is 1.63. The van der Waals surface area contributed by atoms with Crippen molar-refractivity contribution in [3.63, 3.8) is 0 Å². The van der Waals surface area contributed by atoms with Gasteiger partial charge in [-0.2, -0.15) is 0 Å². The number of nitrogens with one attached hydrogen (secondary N) is 1. The van der Waals surface area contributed by atoms with Crippen LogP contribution < -0.4 is 5.32 Å². The fourth-order valence-electron chi connectivity index (χ4n) is 2.11. The first-order valence-electron chi connectivity index (χ1n) is 5.51. The molecule has 2 fully saturated rings. The molecular formula is C10H18N2O2. The van der Waals surface area contributed by atoms with E-state index in [1.807, 2.05) is 5.06 Å². The van der Waals surface area contributed by atoms with Crippen LogP contribution in [0.25, 0.3) is 0 Å². The summed E-state index contributed by atoms with van der Waals surface area (Å²) in [6.45, 7) is 3.98. The second-order valence-electron chi connectivity index (χ2n) is 4.12. The molecule has 0 aromatic rings. The molecule has 1 N–H and O–H groups in total. The van der Waals surface area contributed by atoms with Gasteiger partial charge in [-0.15, -0.1) is 5.06 Å². The predicted octanol–water partition coefficient (Wildman–Crippen LogP) is 0.540. The molecule has 14 heavy (non-hydrogen) atoms. The van der Waals surface area contributed by atoms with Gasteiger partial charge >= 0.3 is 5.97 Å². The summed E-state index contributed by atoms with van der Waals surface area (Å²) in [5.41, 5.74) is 0. The van der Waals surface area contributed by atoms with Gasteiger partial charge in [0, 0.05) is 13.1 Å². The van der Waals surface area contributed by atoms with Crippen LogP contribution >= 0.6 is 0 Å². The number of carbonyl (C=O) groups is 1. The number of carbonyl (C=O) groups excluding carboxylic acids is 1. The molecule has 4 nitrogen and oxygen atoms in total. The molecule has 0 saturated carbocycles. The van der Waals surface area contributed by atoms with Crippen molar-refractivity contribution in [1.29, 1.82) is 0 Å². The molecule has 2 aliphatic heterocycles. The molecule has 0 aromatic heterocycles. The normalized spacial score (nSPS) is 25.3. The van der Waals surface area contributed by atoms with Gasteiger partial charge < -0.3 is 10.2 Å². The predicted molar refractivity (Wildman–Crippen MR) is 52.5 cm³/mol. The van der Waals surface area contributed by atoms with Crippen LogP contribution in [0, 0.1) is 5.92 Å². The van der Waals surface area contributed by atoms with E-state index in [4.69, 9.17) is 4.84 Å². The Bertz CT molecular complexity index is 202. The molecule has 4 heteroatoms. The summed E-state index contributed by atoms with van der Waals surface area (Å²) in [7, 11) is 0. The second-order valence-corrected chi connectivity index (χ2v) is 4.12. The molecular weight excluding hydrogens is 180 g/mol. The molecule has 0 aromatic carbocycles. The average molecular weight is 198 g/mol. The highest BCUT2D eigenvalue weighted by Gasteiger charge is 2.22. The Hall–Kier alpha value is -0.610. The minimum absolute atomic E-state index is 0.0738. The van der Waals surface area contributed by atoms with Crippen LogP contribution in [0.15, 0.2) is 0 Å². The standard InChI is InChI=1S/C10H18N2O2/c13-10-4-8-12(14-10)7-3-9-1-5-11-6-2-9/h9,11H,1-8H2. The third kappa shape index (κ3) is 2.69. The first kappa shape index (κ1) is 9.93. The highest BCUT2D eigenvalue weighted by Crippen LogP contribution is 2.17. The topological polar surface area (TPSA) is 41.6 Å². The van der Waals surface area contributed by atoms with E-state index in [1.54, 1.807) is 0 Å². The summed E-state index contributed by atoms with van der Waals surface area (Å²) in [5.74, 6) is 0.742. The largest absolute Gasteiger partial charge is 0.368 e. The lowest BCUT2D eigenvalue weighted by Crippen LogP contribution is -2.30. The maximum Gasteiger partial charge on any atom is 0.326 e. The van der Waals surface area contributed by atoms with E-state index in [-0.39, 0.29) is 5.97 Å². The van der Waals surface area contributed by atoms with Gasteiger partial charge in [0.2, 0.25) is 0 Å². The third-order valence-electron chi connectivity index (χ3n) is 3.04. The highest BCUT2D eigenvalue weighted by molar-refractivity contribution is 5.70. The van der Waals surface area contributed by atoms with E-state index in [9.17, 15) is 4.79 Å². The second kappa shape index (κ2) is 4.75. The zero-order valence-electron chi connectivity index (χ0n) is 8.50. The van der Waals surface area contributed by atoms with Crippen molar-refractivity contribution < 1.29 is 9.63 Å². The van der Waals surface area contributed by atoms with Crippen molar-refractivity contribution in [2.24, 2.45) is 5.92 Å². The van der Waals surface area contributed by atoms with Crippen molar-refractivity contribution in [3.05, 3.63) is 0 Å². The quantitative estimate of drug-likeness (QED) is 0.718. The lowest BCUT2D eigenvalue weighted by atomic mass is 9.95. The molecule has 0 spiro atoms. The first-order chi connectivity index (χ1) is 6.84. The van der Waals surface area contributed by atoms with Gasteiger partial charge in [-0.1, -0.05) is 0 Å². The summed E-state index contributed by atoms with van der Waals surface area (Å²) in [6, 6.07) is 0. The first-order valence-corrected chi connectivity index (χ1v) is 5.51. The molecule has 2 heterocycles. The number of hydroxylamine groups is 2. The van der Waals surface area contributed by atoms with Crippen LogP contribution in [-0.2, 0) is 9.63 Å². The lowest BCUT2D eigenvalue weighted by molar-refractivity contribution is -0.170. The van der Waals surface area contributed by atoms with E-state index >= 15 is 0 Å². The number of piperidine rings is 1. The SMILES string of the molecule is O=C1CCN(CCC2CCNCC2)O1. The number of nitrogens with zero attached hydrogens (tertiary/aromatic N) is 1. The van der Waals surface area contributed by atoms with Gasteiger partial charge in [0.15, 0.2) is 0 Å². The third-order valence-corrected chi connectivity index (χ3v) is 3.04. The number of hydrogen-bond donors (Lipinski definition) is 1. The molecule has 0 amide bonds. The Labute approximate surface area is 84.6 Å². The van der Waals surface area contributed by atoms with Crippen LogP contribution in [0.4, 0.5) is 0 Å². The summed E-state index contributed by atoms with van der Waals surface area (Å²) < 4.78 is 0. The van der Waals surface area contributed by atoms with Crippen molar-refractivity contribution in [2.75, 3.05) is 26.2 Å². The molecule has 0 bridgehead atoms. The molecule has 2 aliphatic rings.